The summed E-state index contributed by atoms with van der Waals surface area (Å²) in [5, 5.41) is 37.6. The highest BCUT2D eigenvalue weighted by Crippen LogP contribution is 2.29. The van der Waals surface area contributed by atoms with Gasteiger partial charge in [-0.25, -0.2) is 4.98 Å². The van der Waals surface area contributed by atoms with Crippen molar-refractivity contribution in [2.75, 3.05) is 6.61 Å². The van der Waals surface area contributed by atoms with Crippen LogP contribution in [0.3, 0.4) is 0 Å². The van der Waals surface area contributed by atoms with Gasteiger partial charge in [0, 0.05) is 8.95 Å². The molecule has 0 spiro atoms. The molecule has 0 bridgehead atoms. The number of aliphatic hydroxyl groups excluding tert-OH is 4. The predicted octanol–water partition coefficient (Wildman–Crippen LogP) is 0.835. The first-order valence-corrected chi connectivity index (χ1v) is 7.02. The number of aromatic amines is 1. The minimum Gasteiger partial charge on any atom is -0.394 e. The minimum absolute atomic E-state index is 0.125. The molecule has 1 aromatic heterocycles. The number of aromatic nitrogens is 2. The van der Waals surface area contributed by atoms with Gasteiger partial charge in [0.1, 0.15) is 24.1 Å². The Morgan fingerprint density at radius 3 is 2.42 bits per heavy atom. The third kappa shape index (κ3) is 2.99. The van der Waals surface area contributed by atoms with Crippen LogP contribution in [0.1, 0.15) is 11.9 Å². The average Bonchev–Trinajstić information content (AvgIpc) is 2.79. The number of benzene rings is 1. The molecule has 0 aliphatic carbocycles. The monoisotopic (exact) mass is 394 g/mol. The maximum Gasteiger partial charge on any atom is 0.140 e. The van der Waals surface area contributed by atoms with Crippen molar-refractivity contribution >= 4 is 42.9 Å². The molecular weight excluding hydrogens is 384 g/mol. The molecule has 3 atom stereocenters. The molecule has 2 rings (SSSR count). The van der Waals surface area contributed by atoms with Gasteiger partial charge in [0.25, 0.3) is 0 Å². The van der Waals surface area contributed by atoms with E-state index < -0.39 is 24.9 Å². The van der Waals surface area contributed by atoms with Crippen molar-refractivity contribution in [2.24, 2.45) is 0 Å². The molecule has 0 fully saturated rings. The molecule has 1 aromatic carbocycles. The zero-order valence-corrected chi connectivity index (χ0v) is 12.8. The van der Waals surface area contributed by atoms with Crippen LogP contribution in [0.2, 0.25) is 0 Å². The fraction of sp³-hybridized carbons (Fsp3) is 0.364. The zero-order chi connectivity index (χ0) is 14.2. The van der Waals surface area contributed by atoms with Crippen LogP contribution in [0.4, 0.5) is 0 Å². The lowest BCUT2D eigenvalue weighted by molar-refractivity contribution is -0.0800. The Hall–Kier alpha value is -0.510. The van der Waals surface area contributed by atoms with Crippen LogP contribution in [0, 0.1) is 0 Å². The summed E-state index contributed by atoms with van der Waals surface area (Å²) in [4.78, 5) is 7.00. The van der Waals surface area contributed by atoms with Crippen LogP contribution in [-0.2, 0) is 0 Å². The van der Waals surface area contributed by atoms with E-state index in [0.717, 1.165) is 8.95 Å². The third-order valence-electron chi connectivity index (χ3n) is 2.73. The highest BCUT2D eigenvalue weighted by atomic mass is 79.9. The number of H-pyrrole nitrogens is 1. The van der Waals surface area contributed by atoms with Crippen molar-refractivity contribution < 1.29 is 20.4 Å². The van der Waals surface area contributed by atoms with Gasteiger partial charge in [0.05, 0.1) is 17.6 Å². The van der Waals surface area contributed by atoms with Gasteiger partial charge in [-0.15, -0.1) is 0 Å². The predicted molar refractivity (Wildman–Crippen MR) is 75.6 cm³/mol. The van der Waals surface area contributed by atoms with E-state index in [1.165, 1.54) is 0 Å². The van der Waals surface area contributed by atoms with Gasteiger partial charge in [-0.05, 0) is 44.0 Å². The van der Waals surface area contributed by atoms with Crippen LogP contribution < -0.4 is 0 Å². The first-order valence-electron chi connectivity index (χ1n) is 5.43. The smallest absolute Gasteiger partial charge is 0.140 e. The number of aliphatic hydroxyl groups is 4. The van der Waals surface area contributed by atoms with E-state index in [2.05, 4.69) is 41.8 Å². The molecule has 0 aliphatic rings. The average molecular weight is 396 g/mol. The van der Waals surface area contributed by atoms with Crippen LogP contribution >= 0.6 is 31.9 Å². The van der Waals surface area contributed by atoms with E-state index in [1.807, 2.05) is 0 Å². The van der Waals surface area contributed by atoms with Gasteiger partial charge in [0.2, 0.25) is 0 Å². The minimum atomic E-state index is -1.52. The number of hydrogen-bond donors (Lipinski definition) is 5. The van der Waals surface area contributed by atoms with Crippen molar-refractivity contribution in [3.05, 3.63) is 26.9 Å². The molecule has 0 saturated carbocycles. The van der Waals surface area contributed by atoms with E-state index in [9.17, 15) is 15.3 Å². The number of nitrogens with zero attached hydrogens (tertiary/aromatic N) is 1. The molecule has 0 aliphatic heterocycles. The number of rotatable bonds is 4. The number of fused-ring (bicyclic) bond motifs is 1. The first-order chi connectivity index (χ1) is 8.93. The molecular formula is C11H12Br2N2O4. The summed E-state index contributed by atoms with van der Waals surface area (Å²) in [6.45, 7) is -0.643. The van der Waals surface area contributed by atoms with Crippen molar-refractivity contribution in [1.29, 1.82) is 0 Å². The van der Waals surface area contributed by atoms with Gasteiger partial charge in [-0.2, -0.15) is 0 Å². The van der Waals surface area contributed by atoms with Crippen molar-refractivity contribution in [3.63, 3.8) is 0 Å². The van der Waals surface area contributed by atoms with Crippen LogP contribution in [-0.4, -0.2) is 49.2 Å². The topological polar surface area (TPSA) is 110 Å². The molecule has 0 radical (unpaired) electrons. The maximum atomic E-state index is 9.89. The SMILES string of the molecule is OCC(O)C(O)[C@H](O)c1nc2cc(Br)c(Br)cc2[nH]1. The second kappa shape index (κ2) is 5.86. The molecule has 1 heterocycles. The van der Waals surface area contributed by atoms with E-state index in [4.69, 9.17) is 5.11 Å². The Kier molecular flexibility index (Phi) is 4.59. The molecule has 2 unspecified atom stereocenters. The summed E-state index contributed by atoms with van der Waals surface area (Å²) in [5.74, 6) is 0.125. The molecule has 0 amide bonds. The lowest BCUT2D eigenvalue weighted by atomic mass is 10.1. The maximum absolute atomic E-state index is 9.89. The number of nitrogens with one attached hydrogen (secondary N) is 1. The second-order valence-corrected chi connectivity index (χ2v) is 5.80. The van der Waals surface area contributed by atoms with Crippen LogP contribution in [0.5, 0.6) is 0 Å². The number of hydrogen-bond acceptors (Lipinski definition) is 5. The largest absolute Gasteiger partial charge is 0.394 e. The molecule has 8 heteroatoms. The van der Waals surface area contributed by atoms with E-state index in [1.54, 1.807) is 12.1 Å². The lowest BCUT2D eigenvalue weighted by Gasteiger charge is -2.19. The third-order valence-corrected chi connectivity index (χ3v) is 4.57. The zero-order valence-electron chi connectivity index (χ0n) is 9.59. The Labute approximate surface area is 125 Å². The fourth-order valence-electron chi connectivity index (χ4n) is 1.64. The molecule has 19 heavy (non-hydrogen) atoms. The van der Waals surface area contributed by atoms with Crippen LogP contribution in [0.15, 0.2) is 21.1 Å². The Morgan fingerprint density at radius 2 is 1.79 bits per heavy atom. The highest BCUT2D eigenvalue weighted by molar-refractivity contribution is 9.13. The summed E-state index contributed by atoms with van der Waals surface area (Å²) < 4.78 is 1.63. The first kappa shape index (κ1) is 14.9. The van der Waals surface area contributed by atoms with Gasteiger partial charge < -0.3 is 25.4 Å². The Morgan fingerprint density at radius 1 is 1.16 bits per heavy atom. The van der Waals surface area contributed by atoms with Crippen molar-refractivity contribution in [2.45, 2.75) is 18.3 Å². The molecule has 2 aromatic rings. The normalized spacial score (nSPS) is 16.5. The highest BCUT2D eigenvalue weighted by Gasteiger charge is 2.27. The summed E-state index contributed by atoms with van der Waals surface area (Å²) in [6.07, 6.45) is -4.36. The van der Waals surface area contributed by atoms with E-state index in [-0.39, 0.29) is 5.82 Å². The summed E-state index contributed by atoms with van der Waals surface area (Å²) >= 11 is 6.69. The molecule has 5 N–H and O–H groups in total. The quantitative estimate of drug-likeness (QED) is 0.526. The van der Waals surface area contributed by atoms with Crippen LogP contribution in [0.25, 0.3) is 11.0 Å². The lowest BCUT2D eigenvalue weighted by Crippen LogP contribution is -2.35. The molecule has 6 nitrogen and oxygen atoms in total. The standard InChI is InChI=1S/C11H12Br2N2O4/c12-4-1-6-7(2-5(4)13)15-11(14-6)10(19)9(18)8(17)3-16/h1-2,8-10,16-19H,3H2,(H,14,15)/t8?,9?,10-/m0/s1. The van der Waals surface area contributed by atoms with Gasteiger partial charge in [0.15, 0.2) is 0 Å². The Balaban J connectivity index is 2.35. The van der Waals surface area contributed by atoms with Gasteiger partial charge in [-0.3, -0.25) is 0 Å². The second-order valence-electron chi connectivity index (χ2n) is 4.09. The van der Waals surface area contributed by atoms with Gasteiger partial charge in [-0.1, -0.05) is 0 Å². The number of halogens is 2. The summed E-state index contributed by atoms with van der Waals surface area (Å²) in [7, 11) is 0. The van der Waals surface area contributed by atoms with Gasteiger partial charge >= 0.3 is 0 Å². The van der Waals surface area contributed by atoms with E-state index in [0.29, 0.717) is 11.0 Å². The summed E-state index contributed by atoms with van der Waals surface area (Å²) in [6, 6.07) is 3.53. The summed E-state index contributed by atoms with van der Waals surface area (Å²) in [5.41, 5.74) is 1.28. The molecule has 104 valence electrons. The molecule has 0 saturated heterocycles. The van der Waals surface area contributed by atoms with E-state index >= 15 is 0 Å². The van der Waals surface area contributed by atoms with Crippen molar-refractivity contribution in [3.8, 4) is 0 Å². The van der Waals surface area contributed by atoms with Crippen molar-refractivity contribution in [1.82, 2.24) is 9.97 Å². The number of imidazole rings is 1. The fourth-order valence-corrected chi connectivity index (χ4v) is 2.32. The Bertz CT molecular complexity index is 550.